The molecule has 53 heavy (non-hydrogen) atoms. The van der Waals surface area contributed by atoms with Gasteiger partial charge in [-0.15, -0.1) is 23.7 Å². The lowest BCUT2D eigenvalue weighted by molar-refractivity contribution is -0.150. The number of nitriles is 2. The van der Waals surface area contributed by atoms with Crippen LogP contribution < -0.4 is 15.4 Å². The number of amides is 1. The number of thioether (sulfide) groups is 1. The minimum Gasteiger partial charge on any atom is -0.492 e. The lowest BCUT2D eigenvalue weighted by Gasteiger charge is -2.30. The summed E-state index contributed by atoms with van der Waals surface area (Å²) in [4.78, 5) is 38.0. The van der Waals surface area contributed by atoms with E-state index in [1.165, 1.54) is 34.9 Å². The summed E-state index contributed by atoms with van der Waals surface area (Å²) in [5.41, 5.74) is 9.78. The number of ether oxygens (including phenoxy) is 1. The van der Waals surface area contributed by atoms with Crippen LogP contribution in [0.2, 0.25) is 5.02 Å². The number of anilines is 1. The quantitative estimate of drug-likeness (QED) is 0.113. The van der Waals surface area contributed by atoms with E-state index in [2.05, 4.69) is 17.0 Å². The standard InChI is InChI=1S/C38H40ClN7O4S2.ClH/c1-4-23(2)33(42)37(47)46(24(3)38(48)49)17-18-50-29-13-9-25(10-14-29)32-30(19-40)34(45-15-5-6-16-45)44-36(31(32)20-41)52-22-28-21-51-35(43-28)26-7-11-27(39)12-8-26;/h7-14,21,23-24,33H,4-6,15-18,22,42H2,1-3H3,(H,48,49);1H/t23-,24-,33-;/m0./s1. The van der Waals surface area contributed by atoms with E-state index in [1.807, 2.05) is 43.5 Å². The van der Waals surface area contributed by atoms with Gasteiger partial charge in [-0.25, -0.2) is 14.8 Å². The van der Waals surface area contributed by atoms with Crippen LogP contribution in [0, 0.1) is 28.6 Å². The highest BCUT2D eigenvalue weighted by molar-refractivity contribution is 7.98. The molecule has 2 aromatic carbocycles. The van der Waals surface area contributed by atoms with Crippen LogP contribution in [0.15, 0.2) is 58.9 Å². The van der Waals surface area contributed by atoms with Gasteiger partial charge in [-0.1, -0.05) is 67.9 Å². The number of carbonyl (C=O) groups excluding carboxylic acids is 1. The summed E-state index contributed by atoms with van der Waals surface area (Å²) in [5.74, 6) is -0.164. The second-order valence-electron chi connectivity index (χ2n) is 12.6. The number of hydrogen-bond donors (Lipinski definition) is 2. The monoisotopic (exact) mass is 793 g/mol. The number of thiazole rings is 1. The van der Waals surface area contributed by atoms with Gasteiger partial charge < -0.3 is 25.4 Å². The van der Waals surface area contributed by atoms with Crippen LogP contribution >= 0.6 is 47.1 Å². The number of pyridine rings is 1. The fourth-order valence-electron chi connectivity index (χ4n) is 5.85. The molecule has 3 N–H and O–H groups in total. The minimum absolute atomic E-state index is 0. The van der Waals surface area contributed by atoms with Gasteiger partial charge in [0.05, 0.1) is 23.8 Å². The molecule has 1 amide bonds. The van der Waals surface area contributed by atoms with Crippen molar-refractivity contribution in [3.8, 4) is 39.6 Å². The molecule has 0 radical (unpaired) electrons. The lowest BCUT2D eigenvalue weighted by Crippen LogP contribution is -2.53. The van der Waals surface area contributed by atoms with E-state index >= 15 is 0 Å². The highest BCUT2D eigenvalue weighted by atomic mass is 35.5. The summed E-state index contributed by atoms with van der Waals surface area (Å²) in [6.45, 7) is 6.83. The van der Waals surface area contributed by atoms with E-state index in [0.717, 1.165) is 42.2 Å². The van der Waals surface area contributed by atoms with E-state index in [1.54, 1.807) is 24.3 Å². The van der Waals surface area contributed by atoms with Gasteiger partial charge in [-0.05, 0) is 55.5 Å². The van der Waals surface area contributed by atoms with Crippen molar-refractivity contribution in [3.05, 3.63) is 75.8 Å². The first-order valence-electron chi connectivity index (χ1n) is 17.0. The van der Waals surface area contributed by atoms with Gasteiger partial charge in [-0.3, -0.25) is 4.79 Å². The summed E-state index contributed by atoms with van der Waals surface area (Å²) >= 11 is 9.00. The number of halogens is 2. The molecule has 3 atom stereocenters. The first-order valence-corrected chi connectivity index (χ1v) is 19.3. The summed E-state index contributed by atoms with van der Waals surface area (Å²) in [7, 11) is 0. The Morgan fingerprint density at radius 1 is 1.06 bits per heavy atom. The number of benzene rings is 2. The van der Waals surface area contributed by atoms with Gasteiger partial charge in [0, 0.05) is 40.4 Å². The zero-order chi connectivity index (χ0) is 37.4. The van der Waals surface area contributed by atoms with Crippen LogP contribution in [-0.4, -0.2) is 70.2 Å². The van der Waals surface area contributed by atoms with Crippen molar-refractivity contribution in [1.29, 1.82) is 10.5 Å². The molecule has 5 rings (SSSR count). The SMILES string of the molecule is CC[C@H](C)[C@H](N)C(=O)N(CCOc1ccc(-c2c(C#N)c(SCc3csc(-c4ccc(Cl)cc4)n3)nc(N3CCCC3)c2C#N)cc1)[C@@H](C)C(=O)O.Cl. The minimum atomic E-state index is -1.13. The maximum atomic E-state index is 13.1. The molecule has 0 unspecified atom stereocenters. The van der Waals surface area contributed by atoms with Crippen LogP contribution in [-0.2, 0) is 15.3 Å². The Hall–Kier alpha value is -4.37. The van der Waals surface area contributed by atoms with Crippen LogP contribution in [0.4, 0.5) is 5.82 Å². The van der Waals surface area contributed by atoms with Crippen molar-refractivity contribution in [3.63, 3.8) is 0 Å². The van der Waals surface area contributed by atoms with Crippen LogP contribution in [0.5, 0.6) is 5.75 Å². The number of carbonyl (C=O) groups is 2. The highest BCUT2D eigenvalue weighted by Gasteiger charge is 2.31. The predicted octanol–water partition coefficient (Wildman–Crippen LogP) is 7.64. The van der Waals surface area contributed by atoms with Gasteiger partial charge in [0.2, 0.25) is 5.91 Å². The number of nitrogens with two attached hydrogens (primary N) is 1. The van der Waals surface area contributed by atoms with Gasteiger partial charge >= 0.3 is 5.97 Å². The second-order valence-corrected chi connectivity index (χ2v) is 14.8. The molecule has 2 aromatic heterocycles. The first-order chi connectivity index (χ1) is 25.1. The Bertz CT molecular complexity index is 1970. The van der Waals surface area contributed by atoms with E-state index in [9.17, 15) is 25.2 Å². The zero-order valence-corrected chi connectivity index (χ0v) is 32.8. The van der Waals surface area contributed by atoms with Crippen molar-refractivity contribution >= 4 is 64.8 Å². The third kappa shape index (κ3) is 9.79. The van der Waals surface area contributed by atoms with E-state index in [4.69, 9.17) is 32.0 Å². The number of nitrogens with zero attached hydrogens (tertiary/aromatic N) is 6. The van der Waals surface area contributed by atoms with Gasteiger partial charge in [0.1, 0.15) is 52.0 Å². The molecule has 3 heterocycles. The molecule has 0 saturated carbocycles. The molecule has 0 bridgehead atoms. The Balaban J connectivity index is 0.00000627. The molecule has 11 nitrogen and oxygen atoms in total. The van der Waals surface area contributed by atoms with E-state index < -0.39 is 24.0 Å². The Morgan fingerprint density at radius 3 is 2.30 bits per heavy atom. The average molecular weight is 795 g/mol. The molecule has 1 fully saturated rings. The summed E-state index contributed by atoms with van der Waals surface area (Å²) < 4.78 is 5.95. The van der Waals surface area contributed by atoms with Crippen molar-refractivity contribution in [2.24, 2.45) is 11.7 Å². The average Bonchev–Trinajstić information content (AvgIpc) is 3.88. The number of aromatic nitrogens is 2. The normalized spacial score (nSPS) is 14.0. The largest absolute Gasteiger partial charge is 0.492 e. The van der Waals surface area contributed by atoms with Crippen molar-refractivity contribution in [2.75, 3.05) is 31.1 Å². The molecule has 1 aliphatic heterocycles. The molecule has 278 valence electrons. The highest BCUT2D eigenvalue weighted by Crippen LogP contribution is 2.40. The van der Waals surface area contributed by atoms with Crippen LogP contribution in [0.25, 0.3) is 21.7 Å². The molecule has 0 aliphatic carbocycles. The summed E-state index contributed by atoms with van der Waals surface area (Å²) in [6, 6.07) is 17.3. The van der Waals surface area contributed by atoms with E-state index in [-0.39, 0.29) is 31.5 Å². The number of aliphatic carboxylic acids is 1. The van der Waals surface area contributed by atoms with Gasteiger partial charge in [-0.2, -0.15) is 10.5 Å². The Labute approximate surface area is 329 Å². The first kappa shape index (κ1) is 41.4. The Morgan fingerprint density at radius 2 is 1.70 bits per heavy atom. The lowest BCUT2D eigenvalue weighted by atomic mass is 9.96. The van der Waals surface area contributed by atoms with Crippen molar-refractivity contribution in [2.45, 2.75) is 62.9 Å². The maximum Gasteiger partial charge on any atom is 0.326 e. The Kier molecular flexibility index (Phi) is 14.9. The summed E-state index contributed by atoms with van der Waals surface area (Å²) in [5, 5.41) is 34.6. The third-order valence-electron chi connectivity index (χ3n) is 9.17. The number of hydrogen-bond acceptors (Lipinski definition) is 11. The smallest absolute Gasteiger partial charge is 0.326 e. The van der Waals surface area contributed by atoms with E-state index in [0.29, 0.717) is 56.0 Å². The molecule has 1 aliphatic rings. The molecule has 15 heteroatoms. The topological polar surface area (TPSA) is 169 Å². The fourth-order valence-corrected chi connectivity index (χ4v) is 7.78. The molecule has 4 aromatic rings. The van der Waals surface area contributed by atoms with Crippen LogP contribution in [0.3, 0.4) is 0 Å². The maximum absolute atomic E-state index is 13.1. The number of carboxylic acid groups (broad SMARTS) is 1. The zero-order valence-electron chi connectivity index (χ0n) is 29.6. The predicted molar refractivity (Wildman–Crippen MR) is 212 cm³/mol. The summed E-state index contributed by atoms with van der Waals surface area (Å²) in [6.07, 6.45) is 2.65. The van der Waals surface area contributed by atoms with Crippen LogP contribution in [0.1, 0.15) is 56.9 Å². The van der Waals surface area contributed by atoms with Crippen molar-refractivity contribution < 1.29 is 19.4 Å². The van der Waals surface area contributed by atoms with Gasteiger partial charge in [0.25, 0.3) is 0 Å². The van der Waals surface area contributed by atoms with Crippen molar-refractivity contribution in [1.82, 2.24) is 14.9 Å². The second kappa shape index (κ2) is 19.1. The van der Waals surface area contributed by atoms with Gasteiger partial charge in [0.15, 0.2) is 0 Å². The number of carboxylic acids is 1. The fraction of sp³-hybridized carbons (Fsp3) is 0.368. The molecule has 0 spiro atoms. The molecule has 1 saturated heterocycles. The molecular formula is C38H41Cl2N7O4S2. The number of rotatable bonds is 15. The third-order valence-corrected chi connectivity index (χ3v) is 11.4. The molecular weight excluding hydrogens is 754 g/mol.